The van der Waals surface area contributed by atoms with Crippen LogP contribution in [0.1, 0.15) is 74.4 Å². The molecule has 3 aliphatic carbocycles. The number of rotatable bonds is 7. The Balaban J connectivity index is 1.46. The first-order valence-corrected chi connectivity index (χ1v) is 14.3. The lowest BCUT2D eigenvalue weighted by Gasteiger charge is -2.58. The summed E-state index contributed by atoms with van der Waals surface area (Å²) in [5.41, 5.74) is 1.01. The van der Waals surface area contributed by atoms with Crippen LogP contribution in [0.15, 0.2) is 30.3 Å². The first kappa shape index (κ1) is 26.3. The van der Waals surface area contributed by atoms with Gasteiger partial charge in [0.15, 0.2) is 5.13 Å². The molecule has 1 heterocycles. The molecule has 0 bridgehead atoms. The minimum absolute atomic E-state index is 0.00545. The molecule has 2 aromatic rings. The lowest BCUT2D eigenvalue weighted by molar-refractivity contribution is -0.147. The predicted molar refractivity (Wildman–Crippen MR) is 144 cm³/mol. The number of aliphatic hydroxyl groups is 2. The summed E-state index contributed by atoms with van der Waals surface area (Å²) in [5.74, 6) is -0.0127. The van der Waals surface area contributed by atoms with E-state index in [-0.39, 0.29) is 41.6 Å². The summed E-state index contributed by atoms with van der Waals surface area (Å²) in [5, 5.41) is 25.1. The van der Waals surface area contributed by atoms with Crippen LogP contribution >= 0.6 is 11.3 Å². The SMILES string of the molecule is CN(Cc1ccccc1)C(=O)C[C@@H]1c2nc(NC(=O)C3CCC3)sc2C[C@@H]2[C@](C)(CO)[C@H](O)CC[C@]21C. The molecule has 0 unspecified atom stereocenters. The Labute approximate surface area is 223 Å². The summed E-state index contributed by atoms with van der Waals surface area (Å²) < 4.78 is 0. The largest absolute Gasteiger partial charge is 0.396 e. The van der Waals surface area contributed by atoms with Gasteiger partial charge >= 0.3 is 0 Å². The summed E-state index contributed by atoms with van der Waals surface area (Å²) in [6.07, 6.45) is 4.68. The van der Waals surface area contributed by atoms with Gasteiger partial charge in [0.2, 0.25) is 11.8 Å². The molecular formula is C29H39N3O4S. The van der Waals surface area contributed by atoms with Gasteiger partial charge in [0.05, 0.1) is 18.4 Å². The van der Waals surface area contributed by atoms with Crippen molar-refractivity contribution in [1.29, 1.82) is 0 Å². The summed E-state index contributed by atoms with van der Waals surface area (Å²) >= 11 is 1.49. The lowest BCUT2D eigenvalue weighted by Crippen LogP contribution is -2.57. The van der Waals surface area contributed by atoms with E-state index < -0.39 is 11.5 Å². The second kappa shape index (κ2) is 10.1. The number of thiazole rings is 1. The van der Waals surface area contributed by atoms with Crippen LogP contribution in [0, 0.1) is 22.7 Å². The van der Waals surface area contributed by atoms with Gasteiger partial charge in [-0.1, -0.05) is 50.6 Å². The minimum atomic E-state index is -0.665. The second-order valence-electron chi connectivity index (χ2n) is 11.9. The standard InChI is InChI=1S/C29H39N3O4S/c1-28-13-12-23(34)29(2,17-33)22(28)15-21-25(30-27(37-21)31-26(36)19-10-7-11-19)20(28)14-24(35)32(3)16-18-8-5-4-6-9-18/h4-6,8-9,19-20,22-23,33-34H,7,10-17H2,1-3H3,(H,30,31,36)/t20-,22+,23-,28+,29+/m1/s1. The fourth-order valence-electron chi connectivity index (χ4n) is 6.85. The van der Waals surface area contributed by atoms with E-state index in [1.807, 2.05) is 44.3 Å². The van der Waals surface area contributed by atoms with Gasteiger partial charge < -0.3 is 20.4 Å². The third-order valence-electron chi connectivity index (χ3n) is 9.67. The first-order valence-electron chi connectivity index (χ1n) is 13.5. The number of nitrogens with zero attached hydrogens (tertiary/aromatic N) is 2. The van der Waals surface area contributed by atoms with E-state index in [1.54, 1.807) is 4.90 Å². The van der Waals surface area contributed by atoms with Gasteiger partial charge in [-0.05, 0) is 49.0 Å². The highest BCUT2D eigenvalue weighted by Crippen LogP contribution is 2.63. The maximum absolute atomic E-state index is 13.6. The highest BCUT2D eigenvalue weighted by molar-refractivity contribution is 7.15. The summed E-state index contributed by atoms with van der Waals surface area (Å²) in [6, 6.07) is 9.96. The minimum Gasteiger partial charge on any atom is -0.396 e. The molecule has 3 N–H and O–H groups in total. The van der Waals surface area contributed by atoms with Crippen LogP contribution in [0.5, 0.6) is 0 Å². The Morgan fingerprint density at radius 1 is 1.19 bits per heavy atom. The van der Waals surface area contributed by atoms with E-state index in [0.29, 0.717) is 30.9 Å². The van der Waals surface area contributed by atoms with E-state index in [0.717, 1.165) is 41.8 Å². The topological polar surface area (TPSA) is 103 Å². The number of fused-ring (bicyclic) bond motifs is 2. The molecular weight excluding hydrogens is 486 g/mol. The predicted octanol–water partition coefficient (Wildman–Crippen LogP) is 4.35. The van der Waals surface area contributed by atoms with Gasteiger partial charge in [-0.2, -0.15) is 0 Å². The van der Waals surface area contributed by atoms with Crippen molar-refractivity contribution in [3.8, 4) is 0 Å². The molecule has 0 saturated heterocycles. The van der Waals surface area contributed by atoms with Crippen molar-refractivity contribution in [3.05, 3.63) is 46.5 Å². The molecule has 2 amide bonds. The molecule has 0 aliphatic heterocycles. The average Bonchev–Trinajstić information content (AvgIpc) is 3.24. The third-order valence-corrected chi connectivity index (χ3v) is 10.7. The highest BCUT2D eigenvalue weighted by atomic mass is 32.1. The molecule has 7 nitrogen and oxygen atoms in total. The molecule has 1 aromatic carbocycles. The van der Waals surface area contributed by atoms with Crippen molar-refractivity contribution in [1.82, 2.24) is 9.88 Å². The zero-order valence-corrected chi connectivity index (χ0v) is 22.9. The number of aliphatic hydroxyl groups excluding tert-OH is 2. The number of carbonyl (C=O) groups is 2. The molecule has 5 atom stereocenters. The van der Waals surface area contributed by atoms with E-state index in [2.05, 4.69) is 12.2 Å². The van der Waals surface area contributed by atoms with Crippen molar-refractivity contribution in [2.45, 2.75) is 77.4 Å². The van der Waals surface area contributed by atoms with Crippen molar-refractivity contribution in [3.63, 3.8) is 0 Å². The number of anilines is 1. The summed E-state index contributed by atoms with van der Waals surface area (Å²) in [4.78, 5) is 34.0. The monoisotopic (exact) mass is 525 g/mol. The molecule has 8 heteroatoms. The normalized spacial score (nSPS) is 31.1. The summed E-state index contributed by atoms with van der Waals surface area (Å²) in [6.45, 7) is 4.61. The van der Waals surface area contributed by atoms with Gasteiger partial charge in [0.25, 0.3) is 0 Å². The van der Waals surface area contributed by atoms with Gasteiger partial charge in [-0.3, -0.25) is 9.59 Å². The lowest BCUT2D eigenvalue weighted by atomic mass is 9.47. The van der Waals surface area contributed by atoms with E-state index in [1.165, 1.54) is 11.3 Å². The first-order chi connectivity index (χ1) is 17.7. The Morgan fingerprint density at radius 2 is 1.92 bits per heavy atom. The van der Waals surface area contributed by atoms with Gasteiger partial charge in [0, 0.05) is 42.1 Å². The van der Waals surface area contributed by atoms with Crippen LogP contribution in [0.2, 0.25) is 0 Å². The fourth-order valence-corrected chi connectivity index (χ4v) is 7.92. The Kier molecular flexibility index (Phi) is 7.20. The van der Waals surface area contributed by atoms with Gasteiger partial charge in [-0.15, -0.1) is 11.3 Å². The number of nitrogens with one attached hydrogen (secondary N) is 1. The van der Waals surface area contributed by atoms with Crippen LogP contribution in [0.4, 0.5) is 5.13 Å². The number of hydrogen-bond donors (Lipinski definition) is 3. The zero-order valence-electron chi connectivity index (χ0n) is 22.1. The van der Waals surface area contributed by atoms with Gasteiger partial charge in [-0.25, -0.2) is 4.98 Å². The molecule has 2 saturated carbocycles. The fraction of sp³-hybridized carbons (Fsp3) is 0.621. The number of benzene rings is 1. The smallest absolute Gasteiger partial charge is 0.229 e. The maximum Gasteiger partial charge on any atom is 0.229 e. The highest BCUT2D eigenvalue weighted by Gasteiger charge is 2.59. The molecule has 0 radical (unpaired) electrons. The molecule has 1 aromatic heterocycles. The second-order valence-corrected chi connectivity index (χ2v) is 13.0. The molecule has 37 heavy (non-hydrogen) atoms. The van der Waals surface area contributed by atoms with E-state index in [9.17, 15) is 19.8 Å². The van der Waals surface area contributed by atoms with Crippen molar-refractivity contribution in [2.75, 3.05) is 19.0 Å². The van der Waals surface area contributed by atoms with Crippen LogP contribution in [0.3, 0.4) is 0 Å². The van der Waals surface area contributed by atoms with Crippen molar-refractivity contribution >= 4 is 28.3 Å². The molecule has 5 rings (SSSR count). The molecule has 0 spiro atoms. The quantitative estimate of drug-likeness (QED) is 0.499. The van der Waals surface area contributed by atoms with Crippen LogP contribution < -0.4 is 5.32 Å². The number of amides is 2. The van der Waals surface area contributed by atoms with Crippen LogP contribution in [0.25, 0.3) is 0 Å². The van der Waals surface area contributed by atoms with Crippen molar-refractivity contribution < 1.29 is 19.8 Å². The Hall–Kier alpha value is -2.29. The molecule has 3 aliphatic rings. The Morgan fingerprint density at radius 3 is 2.57 bits per heavy atom. The number of carbonyl (C=O) groups excluding carboxylic acids is 2. The van der Waals surface area contributed by atoms with E-state index >= 15 is 0 Å². The summed E-state index contributed by atoms with van der Waals surface area (Å²) in [7, 11) is 1.84. The Bertz CT molecular complexity index is 1150. The van der Waals surface area contributed by atoms with Crippen LogP contribution in [-0.2, 0) is 22.6 Å². The average molecular weight is 526 g/mol. The maximum atomic E-state index is 13.6. The molecule has 2 fully saturated rings. The number of aromatic nitrogens is 1. The van der Waals surface area contributed by atoms with Gasteiger partial charge in [0.1, 0.15) is 0 Å². The third kappa shape index (κ3) is 4.72. The van der Waals surface area contributed by atoms with E-state index in [4.69, 9.17) is 4.98 Å². The molecule has 200 valence electrons. The number of hydrogen-bond acceptors (Lipinski definition) is 6. The van der Waals surface area contributed by atoms with Crippen molar-refractivity contribution in [2.24, 2.45) is 22.7 Å². The zero-order chi connectivity index (χ0) is 26.4. The van der Waals surface area contributed by atoms with Crippen LogP contribution in [-0.4, -0.2) is 51.7 Å².